The van der Waals surface area contributed by atoms with Crippen LogP contribution in [0.15, 0.2) is 22.7 Å². The van der Waals surface area contributed by atoms with E-state index in [1.165, 1.54) is 12.1 Å². The molecule has 7 nitrogen and oxygen atoms in total. The first-order valence-corrected chi connectivity index (χ1v) is 6.78. The maximum atomic E-state index is 10.9. The quantitative estimate of drug-likeness (QED) is 0.669. The molecule has 0 aliphatic heterocycles. The van der Waals surface area contributed by atoms with Crippen molar-refractivity contribution in [1.29, 1.82) is 0 Å². The SMILES string of the molecule is CC[C@H](C)[C@H](N)c1nc(-c2cc([N+](=O)[O-])ccc2C)no1. The Morgan fingerprint density at radius 3 is 2.81 bits per heavy atom. The number of rotatable bonds is 5. The Morgan fingerprint density at radius 1 is 1.48 bits per heavy atom. The second-order valence-electron chi connectivity index (χ2n) is 5.12. The molecule has 112 valence electrons. The van der Waals surface area contributed by atoms with Crippen LogP contribution in [0.3, 0.4) is 0 Å². The molecule has 2 rings (SSSR count). The van der Waals surface area contributed by atoms with Gasteiger partial charge in [0, 0.05) is 17.7 Å². The van der Waals surface area contributed by atoms with Gasteiger partial charge in [-0.05, 0) is 18.4 Å². The van der Waals surface area contributed by atoms with E-state index in [1.54, 1.807) is 6.07 Å². The molecule has 0 aliphatic carbocycles. The summed E-state index contributed by atoms with van der Waals surface area (Å²) in [5.41, 5.74) is 7.46. The minimum absolute atomic E-state index is 0.00632. The van der Waals surface area contributed by atoms with Gasteiger partial charge in [-0.3, -0.25) is 10.1 Å². The van der Waals surface area contributed by atoms with Crippen LogP contribution in [0.1, 0.15) is 37.8 Å². The highest BCUT2D eigenvalue weighted by atomic mass is 16.6. The summed E-state index contributed by atoms with van der Waals surface area (Å²) < 4.78 is 5.20. The van der Waals surface area contributed by atoms with E-state index in [1.807, 2.05) is 20.8 Å². The summed E-state index contributed by atoms with van der Waals surface area (Å²) in [6.45, 7) is 5.88. The molecule has 0 bridgehead atoms. The summed E-state index contributed by atoms with van der Waals surface area (Å²) >= 11 is 0. The van der Waals surface area contributed by atoms with E-state index in [-0.39, 0.29) is 17.6 Å². The minimum atomic E-state index is -0.450. The molecule has 0 unspecified atom stereocenters. The molecular formula is C14H18N4O3. The van der Waals surface area contributed by atoms with Gasteiger partial charge in [0.05, 0.1) is 11.0 Å². The molecule has 0 amide bonds. The van der Waals surface area contributed by atoms with Crippen molar-refractivity contribution in [2.75, 3.05) is 0 Å². The first-order valence-electron chi connectivity index (χ1n) is 6.78. The summed E-state index contributed by atoms with van der Waals surface area (Å²) in [6, 6.07) is 4.22. The van der Waals surface area contributed by atoms with Crippen LogP contribution in [0.25, 0.3) is 11.4 Å². The number of nitrogens with two attached hydrogens (primary N) is 1. The summed E-state index contributed by atoms with van der Waals surface area (Å²) in [4.78, 5) is 14.7. The van der Waals surface area contributed by atoms with Crippen LogP contribution in [0.4, 0.5) is 5.69 Å². The van der Waals surface area contributed by atoms with Gasteiger partial charge in [0.15, 0.2) is 0 Å². The van der Waals surface area contributed by atoms with Crippen LogP contribution in [0, 0.1) is 23.0 Å². The fraction of sp³-hybridized carbons (Fsp3) is 0.429. The Kier molecular flexibility index (Phi) is 4.32. The zero-order chi connectivity index (χ0) is 15.6. The van der Waals surface area contributed by atoms with Gasteiger partial charge in [0.2, 0.25) is 11.7 Å². The van der Waals surface area contributed by atoms with Gasteiger partial charge >= 0.3 is 0 Å². The smallest absolute Gasteiger partial charge is 0.270 e. The third-order valence-electron chi connectivity index (χ3n) is 3.66. The lowest BCUT2D eigenvalue weighted by Crippen LogP contribution is -2.18. The first kappa shape index (κ1) is 15.1. The number of aromatic nitrogens is 2. The lowest BCUT2D eigenvalue weighted by Gasteiger charge is -2.12. The largest absolute Gasteiger partial charge is 0.337 e. The highest BCUT2D eigenvalue weighted by molar-refractivity contribution is 5.63. The molecule has 2 aromatic rings. The monoisotopic (exact) mass is 290 g/mol. The van der Waals surface area contributed by atoms with Gasteiger partial charge < -0.3 is 10.3 Å². The van der Waals surface area contributed by atoms with Crippen molar-refractivity contribution >= 4 is 5.69 Å². The third-order valence-corrected chi connectivity index (χ3v) is 3.66. The molecule has 2 atom stereocenters. The standard InChI is InChI=1S/C14H18N4O3/c1-4-8(2)12(15)14-16-13(17-21-14)11-7-10(18(19)20)6-5-9(11)3/h5-8,12H,4,15H2,1-3H3/t8-,12-/m0/s1. The molecule has 0 spiro atoms. The van der Waals surface area contributed by atoms with E-state index in [9.17, 15) is 10.1 Å². The van der Waals surface area contributed by atoms with Crippen molar-refractivity contribution in [1.82, 2.24) is 10.1 Å². The van der Waals surface area contributed by atoms with Crippen LogP contribution < -0.4 is 5.73 Å². The molecule has 7 heteroatoms. The highest BCUT2D eigenvalue weighted by Gasteiger charge is 2.21. The number of hydrogen-bond acceptors (Lipinski definition) is 6. The number of aryl methyl sites for hydroxylation is 1. The Hall–Kier alpha value is -2.28. The Morgan fingerprint density at radius 2 is 2.19 bits per heavy atom. The van der Waals surface area contributed by atoms with E-state index in [4.69, 9.17) is 10.3 Å². The molecule has 21 heavy (non-hydrogen) atoms. The molecule has 0 saturated carbocycles. The average Bonchev–Trinajstić information content (AvgIpc) is 2.95. The summed E-state index contributed by atoms with van der Waals surface area (Å²) in [7, 11) is 0. The zero-order valence-corrected chi connectivity index (χ0v) is 12.2. The van der Waals surface area contributed by atoms with E-state index in [0.717, 1.165) is 12.0 Å². The Labute approximate surface area is 122 Å². The fourth-order valence-corrected chi connectivity index (χ4v) is 1.94. The number of nitrogens with zero attached hydrogens (tertiary/aromatic N) is 3. The number of nitro benzene ring substituents is 1. The lowest BCUT2D eigenvalue weighted by molar-refractivity contribution is -0.384. The van der Waals surface area contributed by atoms with E-state index >= 15 is 0 Å². The highest BCUT2D eigenvalue weighted by Crippen LogP contribution is 2.27. The van der Waals surface area contributed by atoms with Gasteiger partial charge in [-0.2, -0.15) is 4.98 Å². The van der Waals surface area contributed by atoms with Crippen LogP contribution in [0.2, 0.25) is 0 Å². The molecule has 1 heterocycles. The van der Waals surface area contributed by atoms with Crippen molar-refractivity contribution in [3.8, 4) is 11.4 Å². The molecule has 0 radical (unpaired) electrons. The van der Waals surface area contributed by atoms with Gasteiger partial charge in [-0.25, -0.2) is 0 Å². The topological polar surface area (TPSA) is 108 Å². The van der Waals surface area contributed by atoms with Crippen molar-refractivity contribution in [2.45, 2.75) is 33.2 Å². The third kappa shape index (κ3) is 3.08. The lowest BCUT2D eigenvalue weighted by atomic mass is 10.0. The van der Waals surface area contributed by atoms with Crippen molar-refractivity contribution in [3.63, 3.8) is 0 Å². The Balaban J connectivity index is 2.37. The predicted molar refractivity (Wildman–Crippen MR) is 77.5 cm³/mol. The first-order chi connectivity index (χ1) is 9.93. The molecule has 1 aromatic heterocycles. The zero-order valence-electron chi connectivity index (χ0n) is 12.2. The summed E-state index contributed by atoms with van der Waals surface area (Å²) in [6.07, 6.45) is 0.898. The van der Waals surface area contributed by atoms with Gasteiger partial charge in [-0.15, -0.1) is 0 Å². The van der Waals surface area contributed by atoms with E-state index in [2.05, 4.69) is 10.1 Å². The van der Waals surface area contributed by atoms with E-state index in [0.29, 0.717) is 17.3 Å². The van der Waals surface area contributed by atoms with Crippen molar-refractivity contribution in [3.05, 3.63) is 39.8 Å². The molecule has 0 saturated heterocycles. The molecule has 0 aliphatic rings. The summed E-state index contributed by atoms with van der Waals surface area (Å²) in [5, 5.41) is 14.8. The van der Waals surface area contributed by atoms with Gasteiger partial charge in [0.1, 0.15) is 0 Å². The fourth-order valence-electron chi connectivity index (χ4n) is 1.94. The van der Waals surface area contributed by atoms with Crippen LogP contribution in [0.5, 0.6) is 0 Å². The molecule has 0 fully saturated rings. The number of hydrogen-bond donors (Lipinski definition) is 1. The minimum Gasteiger partial charge on any atom is -0.337 e. The van der Waals surface area contributed by atoms with Crippen LogP contribution >= 0.6 is 0 Å². The number of non-ortho nitro benzene ring substituents is 1. The Bertz CT molecular complexity index is 653. The predicted octanol–water partition coefficient (Wildman–Crippen LogP) is 3.00. The van der Waals surface area contributed by atoms with Gasteiger partial charge in [-0.1, -0.05) is 31.5 Å². The number of nitro groups is 1. The molecule has 1 aromatic carbocycles. The molecule has 2 N–H and O–H groups in total. The average molecular weight is 290 g/mol. The van der Waals surface area contributed by atoms with Crippen LogP contribution in [-0.4, -0.2) is 15.1 Å². The maximum absolute atomic E-state index is 10.9. The van der Waals surface area contributed by atoms with Gasteiger partial charge in [0.25, 0.3) is 5.69 Å². The second kappa shape index (κ2) is 6.01. The van der Waals surface area contributed by atoms with Crippen LogP contribution in [-0.2, 0) is 0 Å². The van der Waals surface area contributed by atoms with Crippen molar-refractivity contribution in [2.24, 2.45) is 11.7 Å². The van der Waals surface area contributed by atoms with Crippen molar-refractivity contribution < 1.29 is 9.45 Å². The summed E-state index contributed by atoms with van der Waals surface area (Å²) in [5.74, 6) is 0.889. The number of benzene rings is 1. The normalized spacial score (nSPS) is 13.9. The maximum Gasteiger partial charge on any atom is 0.270 e. The second-order valence-corrected chi connectivity index (χ2v) is 5.12. The molecular weight excluding hydrogens is 272 g/mol. The van der Waals surface area contributed by atoms with E-state index < -0.39 is 4.92 Å².